The number of aryl methyl sites for hydroxylation is 2. The highest BCUT2D eigenvalue weighted by atomic mass is 16.3. The van der Waals surface area contributed by atoms with Crippen molar-refractivity contribution in [3.63, 3.8) is 0 Å². The molecule has 3 heterocycles. The van der Waals surface area contributed by atoms with Crippen molar-refractivity contribution >= 4 is 38.8 Å². The minimum absolute atomic E-state index is 0.673. The Kier molecular flexibility index (Phi) is 6.05. The van der Waals surface area contributed by atoms with Gasteiger partial charge in [-0.15, -0.1) is 0 Å². The number of allylic oxidation sites excluding steroid dienone is 1. The summed E-state index contributed by atoms with van der Waals surface area (Å²) in [5.41, 5.74) is 11.4. The number of aromatic nitrogens is 3. The molecular formula is C37H32N3O+. The molecule has 0 fully saturated rings. The third-order valence-electron chi connectivity index (χ3n) is 7.88. The maximum atomic E-state index is 6.64. The molecule has 0 amide bonds. The first-order chi connectivity index (χ1) is 20.0. The van der Waals surface area contributed by atoms with Crippen LogP contribution in [-0.4, -0.2) is 9.55 Å². The van der Waals surface area contributed by atoms with Crippen molar-refractivity contribution in [2.24, 2.45) is 0 Å². The van der Waals surface area contributed by atoms with Crippen LogP contribution in [0.4, 0.5) is 0 Å². The lowest BCUT2D eigenvalue weighted by Crippen LogP contribution is -2.33. The Labute approximate surface area is 239 Å². The second-order valence-electron chi connectivity index (χ2n) is 10.8. The highest BCUT2D eigenvalue weighted by Crippen LogP contribution is 2.40. The molecule has 0 atom stereocenters. The lowest BCUT2D eigenvalue weighted by Gasteiger charge is -2.11. The lowest BCUT2D eigenvalue weighted by atomic mass is 9.98. The Morgan fingerprint density at radius 2 is 1.54 bits per heavy atom. The minimum atomic E-state index is 0.673. The number of furan rings is 1. The molecule has 0 aliphatic rings. The maximum Gasteiger partial charge on any atom is 0.304 e. The molecule has 41 heavy (non-hydrogen) atoms. The molecule has 0 bridgehead atoms. The summed E-state index contributed by atoms with van der Waals surface area (Å²) < 4.78 is 11.3. The van der Waals surface area contributed by atoms with E-state index in [2.05, 4.69) is 133 Å². The van der Waals surface area contributed by atoms with Crippen molar-refractivity contribution in [1.82, 2.24) is 9.55 Å². The summed E-state index contributed by atoms with van der Waals surface area (Å²) in [6.07, 6.45) is 1.95. The summed E-state index contributed by atoms with van der Waals surface area (Å²) in [5, 5.41) is 2.11. The molecule has 4 heteroatoms. The number of pyridine rings is 1. The Morgan fingerprint density at radius 1 is 0.829 bits per heavy atom. The van der Waals surface area contributed by atoms with Crippen molar-refractivity contribution in [2.75, 3.05) is 0 Å². The van der Waals surface area contributed by atoms with Crippen molar-refractivity contribution in [3.05, 3.63) is 121 Å². The van der Waals surface area contributed by atoms with Gasteiger partial charge >= 0.3 is 5.82 Å². The average Bonchev–Trinajstić information content (AvgIpc) is 3.53. The van der Waals surface area contributed by atoms with Gasteiger partial charge in [-0.1, -0.05) is 86.7 Å². The van der Waals surface area contributed by atoms with Crippen LogP contribution in [0.25, 0.3) is 67.0 Å². The van der Waals surface area contributed by atoms with Crippen molar-refractivity contribution in [3.8, 4) is 28.2 Å². The van der Waals surface area contributed by atoms with Gasteiger partial charge in [0, 0.05) is 16.5 Å². The first-order valence-corrected chi connectivity index (χ1v) is 14.2. The number of imidazole rings is 1. The van der Waals surface area contributed by atoms with E-state index in [0.717, 1.165) is 68.7 Å². The van der Waals surface area contributed by atoms with E-state index in [9.17, 15) is 0 Å². The van der Waals surface area contributed by atoms with Crippen LogP contribution in [0.5, 0.6) is 0 Å². The molecule has 0 N–H and O–H groups in total. The van der Waals surface area contributed by atoms with Gasteiger partial charge in [-0.25, -0.2) is 4.98 Å². The van der Waals surface area contributed by atoms with E-state index in [0.29, 0.717) is 5.71 Å². The molecule has 4 nitrogen and oxygen atoms in total. The second-order valence-corrected chi connectivity index (χ2v) is 10.8. The first kappa shape index (κ1) is 25.0. The number of hydrogen-bond acceptors (Lipinski definition) is 2. The fourth-order valence-electron chi connectivity index (χ4n) is 6.05. The normalized spacial score (nSPS) is 11.6. The fourth-order valence-corrected chi connectivity index (χ4v) is 6.05. The molecule has 0 aliphatic carbocycles. The predicted molar refractivity (Wildman–Crippen MR) is 169 cm³/mol. The summed E-state index contributed by atoms with van der Waals surface area (Å²) in [6.45, 7) is 10.7. The molecule has 0 unspecified atom stereocenters. The Balaban J connectivity index is 1.59. The quantitative estimate of drug-likeness (QED) is 0.199. The third kappa shape index (κ3) is 4.06. The lowest BCUT2D eigenvalue weighted by molar-refractivity contribution is -0.540. The largest absolute Gasteiger partial charge is 0.437 e. The van der Waals surface area contributed by atoms with E-state index < -0.39 is 0 Å². The Hall–Kier alpha value is -4.96. The van der Waals surface area contributed by atoms with Gasteiger partial charge in [0.25, 0.3) is 0 Å². The van der Waals surface area contributed by atoms with Gasteiger partial charge in [0.05, 0.1) is 5.70 Å². The van der Waals surface area contributed by atoms with E-state index in [-0.39, 0.29) is 0 Å². The smallest absolute Gasteiger partial charge is 0.304 e. The van der Waals surface area contributed by atoms with Gasteiger partial charge in [-0.3, -0.25) is 0 Å². The Bertz CT molecular complexity index is 2080. The van der Waals surface area contributed by atoms with Gasteiger partial charge in [-0.05, 0) is 73.4 Å². The van der Waals surface area contributed by atoms with Crippen LogP contribution in [0.3, 0.4) is 0 Å². The van der Waals surface area contributed by atoms with Crippen LogP contribution in [0.15, 0.2) is 114 Å². The van der Waals surface area contributed by atoms with Crippen LogP contribution in [0.2, 0.25) is 0 Å². The zero-order chi connectivity index (χ0) is 28.1. The SMILES string of the molecule is C=C(C)[n+]1c(-c2c(CCC)ccc3c2oc2nc(C)ccc23)n(-c2ccc(-c3ccccc3)cc2)c2ccccc21. The van der Waals surface area contributed by atoms with Crippen LogP contribution in [0.1, 0.15) is 31.5 Å². The van der Waals surface area contributed by atoms with Gasteiger partial charge in [0.15, 0.2) is 16.6 Å². The standard InChI is InChI=1S/C37H32N3O/c1-5-11-28-19-23-30-31-22-16-25(4)38-36(31)41-35(30)34(28)37-39(24(2)3)32-14-9-10-15-33(32)40(37)29-20-17-27(18-21-29)26-12-7-6-8-13-26/h6-10,12-23H,2,5,11H2,1,3-4H3/q+1. The van der Waals surface area contributed by atoms with Crippen LogP contribution in [-0.2, 0) is 6.42 Å². The molecular weight excluding hydrogens is 502 g/mol. The zero-order valence-electron chi connectivity index (χ0n) is 23.7. The summed E-state index contributed by atoms with van der Waals surface area (Å²) >= 11 is 0. The van der Waals surface area contributed by atoms with Crippen LogP contribution >= 0.6 is 0 Å². The molecule has 0 aliphatic heterocycles. The molecule has 7 aromatic rings. The van der Waals surface area contributed by atoms with Crippen LogP contribution < -0.4 is 4.57 Å². The number of hydrogen-bond donors (Lipinski definition) is 0. The summed E-state index contributed by atoms with van der Waals surface area (Å²) in [6, 6.07) is 36.5. The van der Waals surface area contributed by atoms with E-state index in [4.69, 9.17) is 9.40 Å². The summed E-state index contributed by atoms with van der Waals surface area (Å²) in [7, 11) is 0. The van der Waals surface area contributed by atoms with Crippen molar-refractivity contribution in [1.29, 1.82) is 0 Å². The predicted octanol–water partition coefficient (Wildman–Crippen LogP) is 9.30. The molecule has 0 spiro atoms. The molecule has 0 saturated carbocycles. The van der Waals surface area contributed by atoms with Gasteiger partial charge in [0.2, 0.25) is 5.71 Å². The van der Waals surface area contributed by atoms with E-state index >= 15 is 0 Å². The second kappa shape index (κ2) is 9.90. The molecule has 0 radical (unpaired) electrons. The van der Waals surface area contributed by atoms with Crippen molar-refractivity contribution < 1.29 is 8.98 Å². The third-order valence-corrected chi connectivity index (χ3v) is 7.88. The molecule has 200 valence electrons. The van der Waals surface area contributed by atoms with Crippen molar-refractivity contribution in [2.45, 2.75) is 33.6 Å². The summed E-state index contributed by atoms with van der Waals surface area (Å²) in [4.78, 5) is 4.74. The monoisotopic (exact) mass is 534 g/mol. The molecule has 0 saturated heterocycles. The number of rotatable bonds is 6. The van der Waals surface area contributed by atoms with E-state index in [1.807, 2.05) is 6.92 Å². The minimum Gasteiger partial charge on any atom is -0.437 e. The first-order valence-electron chi connectivity index (χ1n) is 14.2. The van der Waals surface area contributed by atoms with Gasteiger partial charge < -0.3 is 4.42 Å². The van der Waals surface area contributed by atoms with E-state index in [1.165, 1.54) is 16.7 Å². The average molecular weight is 535 g/mol. The Morgan fingerprint density at radius 3 is 2.29 bits per heavy atom. The molecule has 4 aromatic carbocycles. The summed E-state index contributed by atoms with van der Waals surface area (Å²) in [5.74, 6) is 1.04. The topological polar surface area (TPSA) is 34.8 Å². The zero-order valence-corrected chi connectivity index (χ0v) is 23.7. The number of para-hydroxylation sites is 2. The number of fused-ring (bicyclic) bond motifs is 4. The highest BCUT2D eigenvalue weighted by Gasteiger charge is 2.33. The van der Waals surface area contributed by atoms with Gasteiger partial charge in [0.1, 0.15) is 11.3 Å². The van der Waals surface area contributed by atoms with Gasteiger partial charge in [-0.2, -0.15) is 9.13 Å². The molecule has 3 aromatic heterocycles. The van der Waals surface area contributed by atoms with E-state index in [1.54, 1.807) is 0 Å². The number of benzene rings is 4. The number of nitrogens with zero attached hydrogens (tertiary/aromatic N) is 3. The fraction of sp³-hybridized carbons (Fsp3) is 0.135. The maximum absolute atomic E-state index is 6.64. The molecule has 7 rings (SSSR count). The van der Waals surface area contributed by atoms with Crippen LogP contribution in [0, 0.1) is 6.92 Å². The highest BCUT2D eigenvalue weighted by molar-refractivity contribution is 6.09.